The van der Waals surface area contributed by atoms with Crippen LogP contribution in [0, 0.1) is 0 Å². The molecule has 2 aromatic heterocycles. The Labute approximate surface area is 142 Å². The maximum absolute atomic E-state index is 13.5. The number of carbonyl (C=O) groups is 1. The number of halogens is 4. The van der Waals surface area contributed by atoms with Gasteiger partial charge in [0.1, 0.15) is 0 Å². The Morgan fingerprint density at radius 2 is 2.12 bits per heavy atom. The van der Waals surface area contributed by atoms with Gasteiger partial charge in [-0.3, -0.25) is 10.1 Å². The fraction of sp³-hybridized carbons (Fsp3) is 0.0714. The second kappa shape index (κ2) is 6.25. The molecule has 5 nitrogen and oxygen atoms in total. The van der Waals surface area contributed by atoms with Crippen molar-refractivity contribution in [3.8, 4) is 5.69 Å². The molecule has 0 atom stereocenters. The summed E-state index contributed by atoms with van der Waals surface area (Å²) in [5.74, 6) is -0.939. The van der Waals surface area contributed by atoms with Crippen LogP contribution in [0.15, 0.2) is 42.0 Å². The van der Waals surface area contributed by atoms with Crippen LogP contribution in [0.1, 0.15) is 16.1 Å². The van der Waals surface area contributed by atoms with E-state index >= 15 is 0 Å². The van der Waals surface area contributed by atoms with E-state index in [9.17, 15) is 18.0 Å². The number of nitrogens with one attached hydrogen (secondary N) is 1. The van der Waals surface area contributed by atoms with Gasteiger partial charge in [-0.25, -0.2) is 9.67 Å². The molecule has 0 aliphatic rings. The third-order valence-corrected chi connectivity index (χ3v) is 3.91. The molecule has 0 saturated heterocycles. The van der Waals surface area contributed by atoms with Gasteiger partial charge in [0.25, 0.3) is 5.91 Å². The van der Waals surface area contributed by atoms with Crippen molar-refractivity contribution in [2.45, 2.75) is 6.18 Å². The van der Waals surface area contributed by atoms with Crippen LogP contribution in [-0.4, -0.2) is 20.7 Å². The van der Waals surface area contributed by atoms with Gasteiger partial charge < -0.3 is 0 Å². The SMILES string of the molecule is O=C(Nc1nccs1)c1cnn(-c2cccc(Cl)c2)c1C(F)(F)F. The number of anilines is 1. The lowest BCUT2D eigenvalue weighted by molar-refractivity contribution is -0.143. The monoisotopic (exact) mass is 372 g/mol. The number of nitrogens with zero attached hydrogens (tertiary/aromatic N) is 3. The lowest BCUT2D eigenvalue weighted by atomic mass is 10.2. The van der Waals surface area contributed by atoms with Crippen LogP contribution in [0.5, 0.6) is 0 Å². The third-order valence-electron chi connectivity index (χ3n) is 2.99. The van der Waals surface area contributed by atoms with Crippen molar-refractivity contribution in [3.63, 3.8) is 0 Å². The highest BCUT2D eigenvalue weighted by atomic mass is 35.5. The molecular weight excluding hydrogens is 365 g/mol. The maximum Gasteiger partial charge on any atom is 0.434 e. The van der Waals surface area contributed by atoms with E-state index in [1.54, 1.807) is 5.38 Å². The van der Waals surface area contributed by atoms with Crippen LogP contribution in [0.2, 0.25) is 5.02 Å². The number of carbonyl (C=O) groups excluding carboxylic acids is 1. The average Bonchev–Trinajstić information content (AvgIpc) is 3.15. The Hall–Kier alpha value is -2.39. The zero-order valence-corrected chi connectivity index (χ0v) is 13.3. The molecule has 0 saturated carbocycles. The van der Waals surface area contributed by atoms with Crippen LogP contribution < -0.4 is 5.32 Å². The van der Waals surface area contributed by atoms with Gasteiger partial charge in [-0.05, 0) is 18.2 Å². The lowest BCUT2D eigenvalue weighted by Gasteiger charge is -2.12. The number of thiazole rings is 1. The maximum atomic E-state index is 13.5. The van der Waals surface area contributed by atoms with Gasteiger partial charge in [0, 0.05) is 16.6 Å². The topological polar surface area (TPSA) is 59.8 Å². The highest BCUT2D eigenvalue weighted by Crippen LogP contribution is 2.34. The average molecular weight is 373 g/mol. The number of amides is 1. The predicted molar refractivity (Wildman–Crippen MR) is 83.6 cm³/mol. The van der Waals surface area contributed by atoms with E-state index in [0.717, 1.165) is 17.5 Å². The van der Waals surface area contributed by atoms with Crippen LogP contribution in [0.4, 0.5) is 18.3 Å². The van der Waals surface area contributed by atoms with E-state index in [-0.39, 0.29) is 15.8 Å². The first-order chi connectivity index (χ1) is 11.4. The van der Waals surface area contributed by atoms with E-state index < -0.39 is 23.3 Å². The van der Waals surface area contributed by atoms with Crippen LogP contribution in [0.25, 0.3) is 5.69 Å². The smallest absolute Gasteiger partial charge is 0.298 e. The highest BCUT2D eigenvalue weighted by molar-refractivity contribution is 7.13. The van der Waals surface area contributed by atoms with E-state index in [0.29, 0.717) is 4.68 Å². The molecule has 1 N–H and O–H groups in total. The summed E-state index contributed by atoms with van der Waals surface area (Å²) in [6.45, 7) is 0. The second-order valence-electron chi connectivity index (χ2n) is 4.59. The van der Waals surface area contributed by atoms with Crippen molar-refractivity contribution in [1.29, 1.82) is 0 Å². The number of hydrogen-bond acceptors (Lipinski definition) is 4. The van der Waals surface area contributed by atoms with Gasteiger partial charge in [0.05, 0.1) is 17.4 Å². The number of hydrogen-bond donors (Lipinski definition) is 1. The first-order valence-electron chi connectivity index (χ1n) is 6.48. The Kier molecular flexibility index (Phi) is 4.29. The van der Waals surface area contributed by atoms with Gasteiger partial charge >= 0.3 is 6.18 Å². The molecule has 3 aromatic rings. The van der Waals surface area contributed by atoms with Crippen molar-refractivity contribution in [2.75, 3.05) is 5.32 Å². The van der Waals surface area contributed by atoms with Crippen molar-refractivity contribution < 1.29 is 18.0 Å². The molecule has 24 heavy (non-hydrogen) atoms. The molecule has 124 valence electrons. The van der Waals surface area contributed by atoms with Crippen LogP contribution >= 0.6 is 22.9 Å². The highest BCUT2D eigenvalue weighted by Gasteiger charge is 2.40. The third kappa shape index (κ3) is 3.26. The molecule has 0 aliphatic carbocycles. The first-order valence-corrected chi connectivity index (χ1v) is 7.74. The Balaban J connectivity index is 2.06. The van der Waals surface area contributed by atoms with Crippen LogP contribution in [0.3, 0.4) is 0 Å². The van der Waals surface area contributed by atoms with Gasteiger partial charge in [-0.2, -0.15) is 18.3 Å². The van der Waals surface area contributed by atoms with Gasteiger partial charge in [0.2, 0.25) is 0 Å². The quantitative estimate of drug-likeness (QED) is 0.747. The van der Waals surface area contributed by atoms with E-state index in [1.807, 2.05) is 0 Å². The summed E-state index contributed by atoms with van der Waals surface area (Å²) in [4.78, 5) is 16.0. The number of alkyl halides is 3. The largest absolute Gasteiger partial charge is 0.434 e. The molecule has 0 fully saturated rings. The molecule has 3 rings (SSSR count). The van der Waals surface area contributed by atoms with Crippen molar-refractivity contribution in [1.82, 2.24) is 14.8 Å². The Bertz CT molecular complexity index is 877. The zero-order chi connectivity index (χ0) is 17.3. The molecule has 0 spiro atoms. The van der Waals surface area contributed by atoms with Crippen LogP contribution in [-0.2, 0) is 6.18 Å². The minimum absolute atomic E-state index is 0.100. The summed E-state index contributed by atoms with van der Waals surface area (Å²) >= 11 is 6.91. The second-order valence-corrected chi connectivity index (χ2v) is 5.92. The number of aromatic nitrogens is 3. The molecular formula is C14H8ClF3N4OS. The Morgan fingerprint density at radius 3 is 2.75 bits per heavy atom. The van der Waals surface area contributed by atoms with E-state index in [2.05, 4.69) is 15.4 Å². The lowest BCUT2D eigenvalue weighted by Crippen LogP contribution is -2.20. The number of benzene rings is 1. The molecule has 2 heterocycles. The summed E-state index contributed by atoms with van der Waals surface area (Å²) in [5, 5.41) is 8.07. The molecule has 1 amide bonds. The molecule has 10 heteroatoms. The normalized spacial score (nSPS) is 11.5. The van der Waals surface area contributed by atoms with E-state index in [1.165, 1.54) is 30.5 Å². The molecule has 0 unspecified atom stereocenters. The summed E-state index contributed by atoms with van der Waals surface area (Å²) < 4.78 is 41.1. The van der Waals surface area contributed by atoms with E-state index in [4.69, 9.17) is 11.6 Å². The van der Waals surface area contributed by atoms with Gasteiger partial charge in [-0.15, -0.1) is 11.3 Å². The van der Waals surface area contributed by atoms with Crippen molar-refractivity contribution >= 4 is 34.0 Å². The van der Waals surface area contributed by atoms with Gasteiger partial charge in [0.15, 0.2) is 10.8 Å². The fourth-order valence-electron chi connectivity index (χ4n) is 2.04. The minimum Gasteiger partial charge on any atom is -0.298 e. The summed E-state index contributed by atoms with van der Waals surface area (Å²) in [7, 11) is 0. The predicted octanol–water partition coefficient (Wildman–Crippen LogP) is 4.25. The van der Waals surface area contributed by atoms with Crippen molar-refractivity contribution in [2.24, 2.45) is 0 Å². The summed E-state index contributed by atoms with van der Waals surface area (Å²) in [6, 6.07) is 5.76. The van der Waals surface area contributed by atoms with Gasteiger partial charge in [-0.1, -0.05) is 17.7 Å². The molecule has 0 bridgehead atoms. The minimum atomic E-state index is -4.78. The standard InChI is InChI=1S/C14H8ClF3N4OS/c15-8-2-1-3-9(6-8)22-11(14(16,17)18)10(7-20-22)12(23)21-13-19-4-5-24-13/h1-7H,(H,19,21,23). The van der Waals surface area contributed by atoms with Crippen molar-refractivity contribution in [3.05, 3.63) is 58.3 Å². The summed E-state index contributed by atoms with van der Waals surface area (Å²) in [5.41, 5.74) is -1.68. The molecule has 0 radical (unpaired) electrons. The Morgan fingerprint density at radius 1 is 1.33 bits per heavy atom. The molecule has 0 aliphatic heterocycles. The molecule has 1 aromatic carbocycles. The summed E-state index contributed by atoms with van der Waals surface area (Å²) in [6.07, 6.45) is -2.48. The fourth-order valence-corrected chi connectivity index (χ4v) is 2.75. The number of rotatable bonds is 3. The first kappa shape index (κ1) is 16.5. The zero-order valence-electron chi connectivity index (χ0n) is 11.7.